The summed E-state index contributed by atoms with van der Waals surface area (Å²) in [5.74, 6) is -0.154. The first-order valence-electron chi connectivity index (χ1n) is 12.6. The molecule has 3 aromatic carbocycles. The van der Waals surface area contributed by atoms with Gasteiger partial charge in [-0.15, -0.1) is 0 Å². The minimum Gasteiger partial charge on any atom is -0.497 e. The number of aryl methyl sites for hydroxylation is 1. The summed E-state index contributed by atoms with van der Waals surface area (Å²) in [6.07, 6.45) is 0.306. The second-order valence-corrected chi connectivity index (χ2v) is 11.4. The zero-order valence-electron chi connectivity index (χ0n) is 23.2. The van der Waals surface area contributed by atoms with E-state index in [1.54, 1.807) is 49.4 Å². The minimum atomic E-state index is -4.26. The van der Waals surface area contributed by atoms with Gasteiger partial charge in [-0.25, -0.2) is 8.42 Å². The van der Waals surface area contributed by atoms with Gasteiger partial charge in [-0.3, -0.25) is 13.9 Å². The van der Waals surface area contributed by atoms with Crippen molar-refractivity contribution in [1.82, 2.24) is 10.2 Å². The number of nitrogens with zero attached hydrogens (tertiary/aromatic N) is 2. The lowest BCUT2D eigenvalue weighted by molar-refractivity contribution is -0.140. The number of hydrogen-bond donors (Lipinski definition) is 1. The third-order valence-electron chi connectivity index (χ3n) is 6.42. The number of sulfonamides is 1. The van der Waals surface area contributed by atoms with Gasteiger partial charge < -0.3 is 19.7 Å². The summed E-state index contributed by atoms with van der Waals surface area (Å²) in [6, 6.07) is 17.1. The van der Waals surface area contributed by atoms with Crippen LogP contribution in [0.2, 0.25) is 5.02 Å². The van der Waals surface area contributed by atoms with Crippen LogP contribution in [0.5, 0.6) is 11.5 Å². The molecule has 0 aliphatic carbocycles. The molecular formula is C29H34ClN3O6S. The Balaban J connectivity index is 2.13. The number of nitrogens with one attached hydrogen (secondary N) is 1. The average Bonchev–Trinajstić information content (AvgIpc) is 2.95. The van der Waals surface area contributed by atoms with Crippen LogP contribution < -0.4 is 19.1 Å². The highest BCUT2D eigenvalue weighted by Crippen LogP contribution is 2.35. The van der Waals surface area contributed by atoms with Crippen molar-refractivity contribution < 1.29 is 27.5 Å². The molecule has 0 aromatic heterocycles. The molecule has 2 amide bonds. The summed E-state index contributed by atoms with van der Waals surface area (Å²) in [5, 5.41) is 2.87. The first kappa shape index (κ1) is 30.8. The Labute approximate surface area is 240 Å². The number of methoxy groups -OCH3 is 2. The SMILES string of the molecule is CCC(C(=O)NC)N(Cc1cccc(OC)c1)C(=O)CN(c1cc(Cl)ccc1OC)S(=O)(=O)c1ccc(C)cc1. The summed E-state index contributed by atoms with van der Waals surface area (Å²) >= 11 is 6.27. The van der Waals surface area contributed by atoms with Crippen molar-refractivity contribution in [1.29, 1.82) is 0 Å². The number of likely N-dealkylation sites (N-methyl/N-ethyl adjacent to an activating group) is 1. The second-order valence-electron chi connectivity index (χ2n) is 9.05. The van der Waals surface area contributed by atoms with Gasteiger partial charge in [-0.1, -0.05) is 48.4 Å². The van der Waals surface area contributed by atoms with Crippen molar-refractivity contribution in [2.75, 3.05) is 32.1 Å². The Morgan fingerprint density at radius 1 is 1.00 bits per heavy atom. The van der Waals surface area contributed by atoms with Gasteiger partial charge in [-0.2, -0.15) is 0 Å². The Kier molecular flexibility index (Phi) is 10.4. The fraction of sp³-hybridized carbons (Fsp3) is 0.310. The summed E-state index contributed by atoms with van der Waals surface area (Å²) < 4.78 is 39.8. The van der Waals surface area contributed by atoms with E-state index < -0.39 is 28.5 Å². The van der Waals surface area contributed by atoms with Gasteiger partial charge in [-0.05, 0) is 61.4 Å². The van der Waals surface area contributed by atoms with E-state index in [-0.39, 0.29) is 33.8 Å². The Morgan fingerprint density at radius 3 is 2.30 bits per heavy atom. The van der Waals surface area contributed by atoms with Crippen LogP contribution in [0.25, 0.3) is 0 Å². The van der Waals surface area contributed by atoms with Crippen LogP contribution in [0.3, 0.4) is 0 Å². The van der Waals surface area contributed by atoms with Crippen LogP contribution >= 0.6 is 11.6 Å². The number of halogens is 1. The predicted octanol–water partition coefficient (Wildman–Crippen LogP) is 4.41. The zero-order valence-corrected chi connectivity index (χ0v) is 24.8. The molecule has 11 heteroatoms. The molecule has 0 heterocycles. The van der Waals surface area contributed by atoms with Crippen LogP contribution in [-0.2, 0) is 26.2 Å². The number of benzene rings is 3. The maximum atomic E-state index is 14.1. The van der Waals surface area contributed by atoms with E-state index in [2.05, 4.69) is 5.32 Å². The van der Waals surface area contributed by atoms with Crippen LogP contribution in [-0.4, -0.2) is 59.0 Å². The summed E-state index contributed by atoms with van der Waals surface area (Å²) in [4.78, 5) is 28.3. The van der Waals surface area contributed by atoms with Gasteiger partial charge in [0.05, 0.1) is 24.8 Å². The van der Waals surface area contributed by atoms with E-state index >= 15 is 0 Å². The molecule has 0 saturated carbocycles. The first-order chi connectivity index (χ1) is 19.0. The van der Waals surface area contributed by atoms with Crippen molar-refractivity contribution in [3.05, 3.63) is 82.9 Å². The lowest BCUT2D eigenvalue weighted by atomic mass is 10.1. The van der Waals surface area contributed by atoms with Crippen LogP contribution in [0.4, 0.5) is 5.69 Å². The number of carbonyl (C=O) groups excluding carboxylic acids is 2. The first-order valence-corrected chi connectivity index (χ1v) is 14.4. The summed E-state index contributed by atoms with van der Waals surface area (Å²) in [5.41, 5.74) is 1.68. The highest BCUT2D eigenvalue weighted by atomic mass is 35.5. The maximum absolute atomic E-state index is 14.1. The number of rotatable bonds is 12. The van der Waals surface area contributed by atoms with Gasteiger partial charge in [0.25, 0.3) is 10.0 Å². The third kappa shape index (κ3) is 7.05. The van der Waals surface area contributed by atoms with Gasteiger partial charge >= 0.3 is 0 Å². The van der Waals surface area contributed by atoms with E-state index in [9.17, 15) is 18.0 Å². The molecule has 1 N–H and O–H groups in total. The molecule has 1 atom stereocenters. The summed E-state index contributed by atoms with van der Waals surface area (Å²) in [7, 11) is 0.163. The standard InChI is InChI=1S/C29H34ClN3O6S/c1-6-25(29(35)31-3)32(18-21-8-7-9-23(16-21)38-4)28(34)19-33(26-17-22(30)12-15-27(26)39-5)40(36,37)24-13-10-20(2)11-14-24/h7-17,25H,6,18-19H2,1-5H3,(H,31,35). The maximum Gasteiger partial charge on any atom is 0.264 e. The van der Waals surface area contributed by atoms with E-state index in [1.807, 2.05) is 6.92 Å². The highest BCUT2D eigenvalue weighted by molar-refractivity contribution is 7.92. The Bertz CT molecular complexity index is 1450. The largest absolute Gasteiger partial charge is 0.497 e. The molecule has 40 heavy (non-hydrogen) atoms. The highest BCUT2D eigenvalue weighted by Gasteiger charge is 2.34. The minimum absolute atomic E-state index is 0.00869. The average molecular weight is 588 g/mol. The van der Waals surface area contributed by atoms with Gasteiger partial charge in [0, 0.05) is 18.6 Å². The number of carbonyl (C=O) groups is 2. The van der Waals surface area contributed by atoms with Crippen LogP contribution in [0.15, 0.2) is 71.6 Å². The molecule has 0 spiro atoms. The molecule has 0 fully saturated rings. The second kappa shape index (κ2) is 13.5. The molecule has 3 aromatic rings. The quantitative estimate of drug-likeness (QED) is 0.336. The van der Waals surface area contributed by atoms with Crippen molar-refractivity contribution in [3.8, 4) is 11.5 Å². The van der Waals surface area contributed by atoms with Crippen molar-refractivity contribution in [2.24, 2.45) is 0 Å². The molecule has 0 saturated heterocycles. The topological polar surface area (TPSA) is 105 Å². The molecular weight excluding hydrogens is 554 g/mol. The van der Waals surface area contributed by atoms with Gasteiger partial charge in [0.15, 0.2) is 0 Å². The predicted molar refractivity (Wildman–Crippen MR) is 155 cm³/mol. The molecule has 214 valence electrons. The van der Waals surface area contributed by atoms with Crippen molar-refractivity contribution in [3.63, 3.8) is 0 Å². The van der Waals surface area contributed by atoms with Crippen molar-refractivity contribution in [2.45, 2.75) is 37.8 Å². The fourth-order valence-electron chi connectivity index (χ4n) is 4.26. The van der Waals surface area contributed by atoms with Crippen LogP contribution in [0.1, 0.15) is 24.5 Å². The van der Waals surface area contributed by atoms with E-state index in [0.29, 0.717) is 17.7 Å². The third-order valence-corrected chi connectivity index (χ3v) is 8.43. The Hall–Kier alpha value is -3.76. The van der Waals surface area contributed by atoms with E-state index in [1.165, 1.54) is 50.4 Å². The van der Waals surface area contributed by atoms with Gasteiger partial charge in [0.2, 0.25) is 11.8 Å². The monoisotopic (exact) mass is 587 g/mol. The van der Waals surface area contributed by atoms with Gasteiger partial charge in [0.1, 0.15) is 24.1 Å². The molecule has 3 rings (SSSR count). The summed E-state index contributed by atoms with van der Waals surface area (Å²) in [6.45, 7) is 3.07. The van der Waals surface area contributed by atoms with E-state index in [0.717, 1.165) is 9.87 Å². The number of amides is 2. The number of anilines is 1. The van der Waals surface area contributed by atoms with Crippen LogP contribution in [0, 0.1) is 6.92 Å². The molecule has 0 aliphatic rings. The fourth-order valence-corrected chi connectivity index (χ4v) is 5.85. The smallest absolute Gasteiger partial charge is 0.264 e. The van der Waals surface area contributed by atoms with Crippen molar-refractivity contribution >= 4 is 39.1 Å². The molecule has 0 aliphatic heterocycles. The van der Waals surface area contributed by atoms with E-state index in [4.69, 9.17) is 21.1 Å². The lowest BCUT2D eigenvalue weighted by Gasteiger charge is -2.33. The molecule has 0 bridgehead atoms. The zero-order chi connectivity index (χ0) is 29.4. The molecule has 1 unspecified atom stereocenters. The Morgan fingerprint density at radius 2 is 1.70 bits per heavy atom. The number of hydrogen-bond acceptors (Lipinski definition) is 6. The number of ether oxygens (including phenoxy) is 2. The molecule has 9 nitrogen and oxygen atoms in total. The lowest BCUT2D eigenvalue weighted by Crippen LogP contribution is -2.51. The molecule has 0 radical (unpaired) electrons. The normalized spacial score (nSPS) is 11.8.